The topological polar surface area (TPSA) is 44.8 Å². The van der Waals surface area contributed by atoms with Crippen molar-refractivity contribution in [3.05, 3.63) is 12.2 Å². The van der Waals surface area contributed by atoms with Crippen LogP contribution in [0, 0.1) is 17.8 Å². The van der Waals surface area contributed by atoms with Gasteiger partial charge in [-0.1, -0.05) is 6.58 Å². The highest BCUT2D eigenvalue weighted by Gasteiger charge is 2.52. The molecule has 0 radical (unpaired) electrons. The lowest BCUT2D eigenvalue weighted by molar-refractivity contribution is -0.201. The monoisotopic (exact) mass is 226 g/mol. The molecule has 0 aromatic carbocycles. The van der Waals surface area contributed by atoms with Crippen molar-refractivity contribution >= 4 is 6.29 Å². The molecule has 3 unspecified atom stereocenters. The van der Waals surface area contributed by atoms with Crippen LogP contribution in [0.15, 0.2) is 12.2 Å². The third-order valence-electron chi connectivity index (χ3n) is 3.79. The lowest BCUT2D eigenvalue weighted by atomic mass is 9.86. The SMILES string of the molecule is C=C(C=O)C1CCC2C1[C@H](OC)O[C@@H]2OC. The molecule has 16 heavy (non-hydrogen) atoms. The van der Waals surface area contributed by atoms with E-state index in [1.54, 1.807) is 14.2 Å². The maximum Gasteiger partial charge on any atom is 0.164 e. The van der Waals surface area contributed by atoms with E-state index in [0.29, 0.717) is 11.5 Å². The molecule has 1 aliphatic heterocycles. The Labute approximate surface area is 95.6 Å². The second kappa shape index (κ2) is 4.65. The number of methoxy groups -OCH3 is 2. The van der Waals surface area contributed by atoms with Crippen molar-refractivity contribution in [2.24, 2.45) is 17.8 Å². The molecular formula is C12H18O4. The summed E-state index contributed by atoms with van der Waals surface area (Å²) in [5, 5.41) is 0. The van der Waals surface area contributed by atoms with E-state index in [0.717, 1.165) is 19.1 Å². The molecule has 2 rings (SSSR count). The molecule has 2 fully saturated rings. The van der Waals surface area contributed by atoms with Crippen molar-refractivity contribution in [3.8, 4) is 0 Å². The van der Waals surface area contributed by atoms with Crippen LogP contribution >= 0.6 is 0 Å². The van der Waals surface area contributed by atoms with E-state index in [2.05, 4.69) is 6.58 Å². The minimum atomic E-state index is -0.279. The van der Waals surface area contributed by atoms with Gasteiger partial charge in [0.2, 0.25) is 0 Å². The third kappa shape index (κ3) is 1.71. The Morgan fingerprint density at radius 2 is 2.00 bits per heavy atom. The van der Waals surface area contributed by atoms with Crippen LogP contribution in [-0.4, -0.2) is 33.1 Å². The van der Waals surface area contributed by atoms with Crippen molar-refractivity contribution in [2.75, 3.05) is 14.2 Å². The minimum Gasteiger partial charge on any atom is -0.355 e. The molecule has 1 heterocycles. The quantitative estimate of drug-likeness (QED) is 0.536. The normalized spacial score (nSPS) is 42.0. The first kappa shape index (κ1) is 11.8. The third-order valence-corrected chi connectivity index (χ3v) is 3.79. The Bertz CT molecular complexity index is 289. The number of carbonyl (C=O) groups is 1. The number of allylic oxidation sites excluding steroid dienone is 1. The fourth-order valence-electron chi connectivity index (χ4n) is 3.05. The zero-order valence-electron chi connectivity index (χ0n) is 9.72. The van der Waals surface area contributed by atoms with Crippen LogP contribution in [0.4, 0.5) is 0 Å². The van der Waals surface area contributed by atoms with Crippen molar-refractivity contribution in [1.82, 2.24) is 0 Å². The number of aldehydes is 1. The van der Waals surface area contributed by atoms with Gasteiger partial charge in [-0.2, -0.15) is 0 Å². The molecule has 5 atom stereocenters. The Morgan fingerprint density at radius 3 is 2.56 bits per heavy atom. The van der Waals surface area contributed by atoms with Gasteiger partial charge in [-0.25, -0.2) is 0 Å². The standard InChI is InChI=1S/C12H18O4/c1-7(6-13)8-4-5-9-10(8)12(15-3)16-11(9)14-2/h6,8-12H,1,4-5H2,2-3H3/t8?,9?,10?,11-,12+/m0/s1. The Hall–Kier alpha value is -0.710. The van der Waals surface area contributed by atoms with Gasteiger partial charge in [0.25, 0.3) is 0 Å². The fourth-order valence-corrected chi connectivity index (χ4v) is 3.05. The van der Waals surface area contributed by atoms with E-state index in [1.165, 1.54) is 0 Å². The summed E-state index contributed by atoms with van der Waals surface area (Å²) in [5.74, 6) is 0.692. The zero-order chi connectivity index (χ0) is 11.7. The van der Waals surface area contributed by atoms with Crippen LogP contribution in [-0.2, 0) is 19.0 Å². The average Bonchev–Trinajstić information content (AvgIpc) is 2.87. The predicted molar refractivity (Wildman–Crippen MR) is 57.6 cm³/mol. The van der Waals surface area contributed by atoms with Gasteiger partial charge in [-0.3, -0.25) is 4.79 Å². The maximum absolute atomic E-state index is 10.8. The summed E-state index contributed by atoms with van der Waals surface area (Å²) in [5.41, 5.74) is 0.648. The summed E-state index contributed by atoms with van der Waals surface area (Å²) in [4.78, 5) is 10.8. The van der Waals surface area contributed by atoms with Crippen LogP contribution in [0.1, 0.15) is 12.8 Å². The summed E-state index contributed by atoms with van der Waals surface area (Å²) in [7, 11) is 3.26. The first-order chi connectivity index (χ1) is 7.72. The average molecular weight is 226 g/mol. The highest BCUT2D eigenvalue weighted by Crippen LogP contribution is 2.50. The van der Waals surface area contributed by atoms with Crippen LogP contribution in [0.3, 0.4) is 0 Å². The van der Waals surface area contributed by atoms with Gasteiger partial charge >= 0.3 is 0 Å². The summed E-state index contributed by atoms with van der Waals surface area (Å²) in [6.07, 6.45) is 2.33. The van der Waals surface area contributed by atoms with Crippen LogP contribution < -0.4 is 0 Å². The van der Waals surface area contributed by atoms with E-state index in [4.69, 9.17) is 14.2 Å². The first-order valence-electron chi connectivity index (χ1n) is 5.58. The molecular weight excluding hydrogens is 208 g/mol. The minimum absolute atomic E-state index is 0.174. The van der Waals surface area contributed by atoms with Gasteiger partial charge in [-0.05, 0) is 24.3 Å². The molecule has 90 valence electrons. The molecule has 0 spiro atoms. The maximum atomic E-state index is 10.8. The molecule has 1 saturated carbocycles. The Kier molecular flexibility index (Phi) is 3.42. The molecule has 4 heteroatoms. The molecule has 0 N–H and O–H groups in total. The largest absolute Gasteiger partial charge is 0.355 e. The molecule has 2 aliphatic rings. The smallest absolute Gasteiger partial charge is 0.164 e. The number of rotatable bonds is 4. The van der Waals surface area contributed by atoms with Gasteiger partial charge in [0.1, 0.15) is 6.29 Å². The molecule has 1 aliphatic carbocycles. The predicted octanol–water partition coefficient (Wildman–Crippen LogP) is 1.36. The summed E-state index contributed by atoms with van der Waals surface area (Å²) in [6, 6.07) is 0. The van der Waals surface area contributed by atoms with E-state index >= 15 is 0 Å². The highest BCUT2D eigenvalue weighted by atomic mass is 16.8. The fraction of sp³-hybridized carbons (Fsp3) is 0.750. The summed E-state index contributed by atoms with van der Waals surface area (Å²) in [6.45, 7) is 3.82. The Morgan fingerprint density at radius 1 is 1.31 bits per heavy atom. The van der Waals surface area contributed by atoms with Crippen LogP contribution in [0.25, 0.3) is 0 Å². The van der Waals surface area contributed by atoms with E-state index in [-0.39, 0.29) is 24.4 Å². The number of fused-ring (bicyclic) bond motifs is 1. The zero-order valence-corrected chi connectivity index (χ0v) is 9.72. The lowest BCUT2D eigenvalue weighted by Gasteiger charge is -2.22. The first-order valence-corrected chi connectivity index (χ1v) is 5.58. The van der Waals surface area contributed by atoms with Crippen LogP contribution in [0.2, 0.25) is 0 Å². The Balaban J connectivity index is 2.17. The van der Waals surface area contributed by atoms with Crippen molar-refractivity contribution in [3.63, 3.8) is 0 Å². The molecule has 0 amide bonds. The number of hydrogen-bond acceptors (Lipinski definition) is 4. The van der Waals surface area contributed by atoms with E-state index in [1.807, 2.05) is 0 Å². The van der Waals surface area contributed by atoms with Gasteiger partial charge in [-0.15, -0.1) is 0 Å². The van der Waals surface area contributed by atoms with Crippen molar-refractivity contribution in [1.29, 1.82) is 0 Å². The van der Waals surface area contributed by atoms with E-state index < -0.39 is 0 Å². The number of ether oxygens (including phenoxy) is 3. The highest BCUT2D eigenvalue weighted by molar-refractivity contribution is 5.73. The second-order valence-corrected chi connectivity index (χ2v) is 4.46. The van der Waals surface area contributed by atoms with Crippen molar-refractivity contribution in [2.45, 2.75) is 25.4 Å². The van der Waals surface area contributed by atoms with Gasteiger partial charge in [0, 0.05) is 26.1 Å². The van der Waals surface area contributed by atoms with Crippen LogP contribution in [0.5, 0.6) is 0 Å². The second-order valence-electron chi connectivity index (χ2n) is 4.46. The van der Waals surface area contributed by atoms with Gasteiger partial charge < -0.3 is 14.2 Å². The number of hydrogen-bond donors (Lipinski definition) is 0. The van der Waals surface area contributed by atoms with Gasteiger partial charge in [0.05, 0.1) is 0 Å². The molecule has 0 aromatic rings. The lowest BCUT2D eigenvalue weighted by Crippen LogP contribution is -2.26. The molecule has 1 saturated heterocycles. The van der Waals surface area contributed by atoms with E-state index in [9.17, 15) is 4.79 Å². The molecule has 4 nitrogen and oxygen atoms in total. The summed E-state index contributed by atoms with van der Waals surface area (Å²) < 4.78 is 16.3. The number of carbonyl (C=O) groups excluding carboxylic acids is 1. The summed E-state index contributed by atoms with van der Waals surface area (Å²) >= 11 is 0. The van der Waals surface area contributed by atoms with Gasteiger partial charge in [0.15, 0.2) is 12.6 Å². The molecule has 0 aromatic heterocycles. The van der Waals surface area contributed by atoms with Crippen molar-refractivity contribution < 1.29 is 19.0 Å². The molecule has 0 bridgehead atoms.